The number of H-pyrrole nitrogens is 1. The molecule has 1 aromatic carbocycles. The number of likely N-dealkylation sites (N-methyl/N-ethyl adjacent to an activating group) is 1. The molecule has 1 aliphatic heterocycles. The lowest BCUT2D eigenvalue weighted by Crippen LogP contribution is -2.43. The summed E-state index contributed by atoms with van der Waals surface area (Å²) in [4.78, 5) is 21.7. The highest BCUT2D eigenvalue weighted by molar-refractivity contribution is 5.75. The summed E-state index contributed by atoms with van der Waals surface area (Å²) < 4.78 is 13.7. The number of nitrogens with zero attached hydrogens (tertiary/aromatic N) is 3. The summed E-state index contributed by atoms with van der Waals surface area (Å²) in [7, 11) is 1.68. The number of hydrogen-bond donors (Lipinski definition) is 3. The van der Waals surface area contributed by atoms with Crippen LogP contribution in [-0.4, -0.2) is 74.8 Å². The minimum absolute atomic E-state index is 0.120. The van der Waals surface area contributed by atoms with Gasteiger partial charge in [-0.3, -0.25) is 14.6 Å². The van der Waals surface area contributed by atoms with Crippen LogP contribution < -0.4 is 0 Å². The molecular weight excluding hydrogens is 303 g/mol. The molecule has 1 saturated heterocycles. The number of aliphatic carboxylic acids is 1. The first-order chi connectivity index (χ1) is 10.9. The molecule has 1 fully saturated rings. The second kappa shape index (κ2) is 6.23. The monoisotopic (exact) mass is 322 g/mol. The van der Waals surface area contributed by atoms with E-state index in [0.717, 1.165) is 0 Å². The summed E-state index contributed by atoms with van der Waals surface area (Å²) in [6, 6.07) is 4.50. The zero-order valence-electron chi connectivity index (χ0n) is 12.7. The zero-order valence-corrected chi connectivity index (χ0v) is 12.7. The number of imidazole rings is 1. The fourth-order valence-corrected chi connectivity index (χ4v) is 3.07. The van der Waals surface area contributed by atoms with Crippen molar-refractivity contribution in [3.8, 4) is 0 Å². The Labute approximate surface area is 132 Å². The Morgan fingerprint density at radius 2 is 2.30 bits per heavy atom. The van der Waals surface area contributed by atoms with Crippen molar-refractivity contribution in [2.24, 2.45) is 0 Å². The van der Waals surface area contributed by atoms with Crippen molar-refractivity contribution in [3.63, 3.8) is 0 Å². The van der Waals surface area contributed by atoms with E-state index in [0.29, 0.717) is 36.5 Å². The van der Waals surface area contributed by atoms with Gasteiger partial charge in [-0.25, -0.2) is 9.37 Å². The van der Waals surface area contributed by atoms with Crippen molar-refractivity contribution in [2.45, 2.75) is 18.7 Å². The van der Waals surface area contributed by atoms with E-state index in [1.807, 2.05) is 4.90 Å². The molecule has 124 valence electrons. The third-order valence-corrected chi connectivity index (χ3v) is 4.17. The maximum absolute atomic E-state index is 13.7. The van der Waals surface area contributed by atoms with Crippen LogP contribution in [0.15, 0.2) is 18.2 Å². The maximum Gasteiger partial charge on any atom is 0.317 e. The van der Waals surface area contributed by atoms with Gasteiger partial charge in [0.05, 0.1) is 24.7 Å². The number of hydrogen-bond acceptors (Lipinski definition) is 5. The second-order valence-electron chi connectivity index (χ2n) is 5.96. The summed E-state index contributed by atoms with van der Waals surface area (Å²) in [6.07, 6.45) is -0.625. The number of β-amino-alcohol motifs (C(OH)–C–C–N with tert-alkyl or cyclic N) is 1. The van der Waals surface area contributed by atoms with E-state index >= 15 is 0 Å². The molecule has 1 aliphatic rings. The number of fused-ring (bicyclic) bond motifs is 1. The van der Waals surface area contributed by atoms with E-state index in [4.69, 9.17) is 5.11 Å². The molecule has 8 heteroatoms. The molecule has 0 radical (unpaired) electrons. The minimum atomic E-state index is -0.925. The molecule has 23 heavy (non-hydrogen) atoms. The number of aliphatic hydroxyl groups excluding tert-OH is 1. The third-order valence-electron chi connectivity index (χ3n) is 4.17. The molecule has 7 nitrogen and oxygen atoms in total. The number of aliphatic hydroxyl groups is 1. The van der Waals surface area contributed by atoms with Crippen molar-refractivity contribution in [3.05, 3.63) is 29.8 Å². The molecule has 0 amide bonds. The van der Waals surface area contributed by atoms with Gasteiger partial charge in [-0.1, -0.05) is 6.07 Å². The number of nitrogens with one attached hydrogen (secondary N) is 1. The molecule has 2 heterocycles. The topological polar surface area (TPSA) is 92.7 Å². The van der Waals surface area contributed by atoms with E-state index in [1.165, 1.54) is 6.07 Å². The number of aromatic nitrogens is 2. The SMILES string of the molecule is CN(CC(=O)O)[C@@H]1CN(Cc2nc3c(F)cccc3[nH]2)C[C@H]1O. The van der Waals surface area contributed by atoms with E-state index in [9.17, 15) is 14.3 Å². The van der Waals surface area contributed by atoms with E-state index in [1.54, 1.807) is 24.1 Å². The molecule has 3 N–H and O–H groups in total. The van der Waals surface area contributed by atoms with Crippen LogP contribution in [0.2, 0.25) is 0 Å². The average Bonchev–Trinajstić information content (AvgIpc) is 3.02. The maximum atomic E-state index is 13.7. The van der Waals surface area contributed by atoms with Gasteiger partial charge < -0.3 is 15.2 Å². The van der Waals surface area contributed by atoms with Crippen LogP contribution in [0.3, 0.4) is 0 Å². The summed E-state index contributed by atoms with van der Waals surface area (Å²) in [6.45, 7) is 1.28. The number of carbonyl (C=O) groups is 1. The smallest absolute Gasteiger partial charge is 0.317 e. The summed E-state index contributed by atoms with van der Waals surface area (Å²) in [5.74, 6) is -0.671. The average molecular weight is 322 g/mol. The van der Waals surface area contributed by atoms with Gasteiger partial charge in [0, 0.05) is 19.1 Å². The molecule has 2 aromatic rings. The highest BCUT2D eigenvalue weighted by Crippen LogP contribution is 2.19. The Bertz CT molecular complexity index is 720. The molecule has 0 unspecified atom stereocenters. The van der Waals surface area contributed by atoms with Gasteiger partial charge in [-0.15, -0.1) is 0 Å². The first-order valence-corrected chi connectivity index (χ1v) is 7.39. The lowest BCUT2D eigenvalue weighted by molar-refractivity contribution is -0.138. The largest absolute Gasteiger partial charge is 0.480 e. The van der Waals surface area contributed by atoms with Crippen LogP contribution in [0, 0.1) is 5.82 Å². The standard InChI is InChI=1S/C15H19FN4O3/c1-19(8-14(22)23)11-5-20(6-12(11)21)7-13-17-10-4-2-3-9(16)15(10)18-13/h2-4,11-12,21H,5-8H2,1H3,(H,17,18)(H,22,23)/t11-,12-/m1/s1. The zero-order chi connectivity index (χ0) is 16.6. The van der Waals surface area contributed by atoms with Crippen molar-refractivity contribution in [1.82, 2.24) is 19.8 Å². The minimum Gasteiger partial charge on any atom is -0.480 e. The number of carboxylic acids is 1. The second-order valence-corrected chi connectivity index (χ2v) is 5.96. The van der Waals surface area contributed by atoms with Gasteiger partial charge in [-0.2, -0.15) is 0 Å². The van der Waals surface area contributed by atoms with Crippen LogP contribution in [-0.2, 0) is 11.3 Å². The van der Waals surface area contributed by atoms with Gasteiger partial charge >= 0.3 is 5.97 Å². The molecule has 0 spiro atoms. The third kappa shape index (κ3) is 3.34. The Hall–Kier alpha value is -2.03. The lowest BCUT2D eigenvalue weighted by atomic mass is 10.2. The lowest BCUT2D eigenvalue weighted by Gasteiger charge is -2.24. The molecule has 1 aromatic heterocycles. The number of carboxylic acid groups (broad SMARTS) is 1. The van der Waals surface area contributed by atoms with Crippen LogP contribution >= 0.6 is 0 Å². The number of benzene rings is 1. The molecular formula is C15H19FN4O3. The highest BCUT2D eigenvalue weighted by Gasteiger charge is 2.34. The van der Waals surface area contributed by atoms with E-state index < -0.39 is 12.1 Å². The number of halogens is 1. The molecule has 0 bridgehead atoms. The van der Waals surface area contributed by atoms with E-state index in [2.05, 4.69) is 9.97 Å². The quantitative estimate of drug-likeness (QED) is 0.731. The van der Waals surface area contributed by atoms with Crippen molar-refractivity contribution in [2.75, 3.05) is 26.7 Å². The van der Waals surface area contributed by atoms with Gasteiger partial charge in [0.15, 0.2) is 5.82 Å². The summed E-state index contributed by atoms with van der Waals surface area (Å²) in [5, 5.41) is 19.0. The predicted octanol–water partition coefficient (Wildman–Crippen LogP) is 0.263. The number of aromatic amines is 1. The molecule has 0 saturated carbocycles. The molecule has 3 rings (SSSR count). The first kappa shape index (κ1) is 15.9. The van der Waals surface area contributed by atoms with Crippen molar-refractivity contribution >= 4 is 17.0 Å². The van der Waals surface area contributed by atoms with Gasteiger partial charge in [0.2, 0.25) is 0 Å². The first-order valence-electron chi connectivity index (χ1n) is 7.39. The van der Waals surface area contributed by atoms with Crippen molar-refractivity contribution in [1.29, 1.82) is 0 Å². The fourth-order valence-electron chi connectivity index (χ4n) is 3.07. The Kier molecular flexibility index (Phi) is 4.29. The van der Waals surface area contributed by atoms with E-state index in [-0.39, 0.29) is 18.4 Å². The van der Waals surface area contributed by atoms with Crippen LogP contribution in [0.4, 0.5) is 4.39 Å². The number of likely N-dealkylation sites (tertiary alicyclic amines) is 1. The fraction of sp³-hybridized carbons (Fsp3) is 0.467. The predicted molar refractivity (Wildman–Crippen MR) is 81.4 cm³/mol. The molecule has 2 atom stereocenters. The number of para-hydroxylation sites is 1. The van der Waals surface area contributed by atoms with Gasteiger partial charge in [-0.05, 0) is 19.2 Å². The summed E-state index contributed by atoms with van der Waals surface area (Å²) >= 11 is 0. The Morgan fingerprint density at radius 1 is 1.52 bits per heavy atom. The normalized spacial score (nSPS) is 22.3. The molecule has 0 aliphatic carbocycles. The van der Waals surface area contributed by atoms with Crippen LogP contribution in [0.1, 0.15) is 5.82 Å². The van der Waals surface area contributed by atoms with Gasteiger partial charge in [0.25, 0.3) is 0 Å². The van der Waals surface area contributed by atoms with Gasteiger partial charge in [0.1, 0.15) is 11.3 Å². The van der Waals surface area contributed by atoms with Crippen molar-refractivity contribution < 1.29 is 19.4 Å². The summed E-state index contributed by atoms with van der Waals surface area (Å²) in [5.41, 5.74) is 0.945. The Balaban J connectivity index is 1.68. The number of rotatable bonds is 5. The van der Waals surface area contributed by atoms with Crippen LogP contribution in [0.25, 0.3) is 11.0 Å². The highest BCUT2D eigenvalue weighted by atomic mass is 19.1. The van der Waals surface area contributed by atoms with Crippen LogP contribution in [0.5, 0.6) is 0 Å². The Morgan fingerprint density at radius 3 is 3.00 bits per heavy atom.